The smallest absolute Gasteiger partial charge is 0.145 e. The maximum Gasteiger partial charge on any atom is 0.145 e. The summed E-state index contributed by atoms with van der Waals surface area (Å²) >= 11 is 0. The highest BCUT2D eigenvalue weighted by Gasteiger charge is 2.20. The van der Waals surface area contributed by atoms with E-state index in [1.54, 1.807) is 6.33 Å². The summed E-state index contributed by atoms with van der Waals surface area (Å²) in [5, 5.41) is 4.33. The summed E-state index contributed by atoms with van der Waals surface area (Å²) in [5.41, 5.74) is 1.77. The van der Waals surface area contributed by atoms with Crippen LogP contribution < -0.4 is 14.8 Å². The summed E-state index contributed by atoms with van der Waals surface area (Å²) in [4.78, 5) is 11.3. The van der Waals surface area contributed by atoms with Crippen LogP contribution in [0.25, 0.3) is 10.9 Å². The molecule has 1 aromatic heterocycles. The molecule has 0 spiro atoms. The Labute approximate surface area is 200 Å². The van der Waals surface area contributed by atoms with Crippen LogP contribution in [0, 0.1) is 0 Å². The largest absolute Gasteiger partial charge is 0.489 e. The molecule has 7 heteroatoms. The van der Waals surface area contributed by atoms with Crippen LogP contribution >= 0.6 is 12.4 Å². The van der Waals surface area contributed by atoms with E-state index in [4.69, 9.17) is 9.47 Å². The quantitative estimate of drug-likeness (QED) is 0.376. The molecule has 3 aromatic carbocycles. The first-order valence-electron chi connectivity index (χ1n) is 10.9. The van der Waals surface area contributed by atoms with Crippen molar-refractivity contribution in [2.75, 3.05) is 25.5 Å². The maximum absolute atomic E-state index is 6.41. The third kappa shape index (κ3) is 5.53. The van der Waals surface area contributed by atoms with Gasteiger partial charge in [0, 0.05) is 18.8 Å². The molecule has 0 unspecified atom stereocenters. The number of aromatic nitrogens is 2. The highest BCUT2D eigenvalue weighted by molar-refractivity contribution is 5.95. The normalized spacial score (nSPS) is 14.5. The van der Waals surface area contributed by atoms with E-state index in [1.165, 1.54) is 0 Å². The Morgan fingerprint density at radius 1 is 0.848 bits per heavy atom. The summed E-state index contributed by atoms with van der Waals surface area (Å²) < 4.78 is 12.3. The van der Waals surface area contributed by atoms with Gasteiger partial charge in [-0.25, -0.2) is 9.97 Å². The van der Waals surface area contributed by atoms with Gasteiger partial charge >= 0.3 is 0 Å². The lowest BCUT2D eigenvalue weighted by molar-refractivity contribution is 0.116. The molecule has 0 amide bonds. The molecule has 0 atom stereocenters. The second-order valence-corrected chi connectivity index (χ2v) is 8.06. The summed E-state index contributed by atoms with van der Waals surface area (Å²) in [6.07, 6.45) is 3.83. The first-order valence-corrected chi connectivity index (χ1v) is 10.9. The van der Waals surface area contributed by atoms with E-state index in [1.807, 2.05) is 72.8 Å². The van der Waals surface area contributed by atoms with Crippen LogP contribution in [0.1, 0.15) is 12.8 Å². The molecule has 6 nitrogen and oxygen atoms in total. The van der Waals surface area contributed by atoms with Crippen molar-refractivity contribution in [3.05, 3.63) is 79.1 Å². The Morgan fingerprint density at radius 3 is 2.33 bits per heavy atom. The summed E-state index contributed by atoms with van der Waals surface area (Å²) in [7, 11) is 2.15. The van der Waals surface area contributed by atoms with Crippen molar-refractivity contribution in [1.29, 1.82) is 0 Å². The van der Waals surface area contributed by atoms with Crippen molar-refractivity contribution < 1.29 is 9.47 Å². The minimum Gasteiger partial charge on any atom is -0.489 e. The number of para-hydroxylation sites is 1. The molecule has 1 aliphatic rings. The lowest BCUT2D eigenvalue weighted by atomic mass is 10.1. The van der Waals surface area contributed by atoms with E-state index < -0.39 is 0 Å². The second kappa shape index (κ2) is 10.5. The van der Waals surface area contributed by atoms with Crippen LogP contribution in [0.3, 0.4) is 0 Å². The van der Waals surface area contributed by atoms with Gasteiger partial charge in [-0.2, -0.15) is 0 Å². The number of nitrogens with one attached hydrogen (secondary N) is 1. The molecule has 1 N–H and O–H groups in total. The molecule has 2 heterocycles. The topological polar surface area (TPSA) is 59.5 Å². The zero-order chi connectivity index (χ0) is 21.8. The lowest BCUT2D eigenvalue weighted by Crippen LogP contribution is -2.35. The van der Waals surface area contributed by atoms with Crippen LogP contribution in [0.2, 0.25) is 0 Å². The van der Waals surface area contributed by atoms with Crippen LogP contribution in [0.15, 0.2) is 79.1 Å². The molecule has 170 valence electrons. The molecule has 33 heavy (non-hydrogen) atoms. The number of fused-ring (bicyclic) bond motifs is 1. The Hall–Kier alpha value is -3.35. The number of ether oxygens (including phenoxy) is 2. The average molecular weight is 463 g/mol. The predicted octanol–water partition coefficient (Wildman–Crippen LogP) is 6.06. The van der Waals surface area contributed by atoms with Crippen molar-refractivity contribution >= 4 is 34.8 Å². The summed E-state index contributed by atoms with van der Waals surface area (Å²) in [6.45, 7) is 2.10. The van der Waals surface area contributed by atoms with Gasteiger partial charge in [0.15, 0.2) is 0 Å². The van der Waals surface area contributed by atoms with Crippen molar-refractivity contribution in [3.8, 4) is 17.2 Å². The third-order valence-electron chi connectivity index (χ3n) is 5.68. The number of piperidine rings is 1. The SMILES string of the molecule is CN1CCC(Oc2cccc3ncnc(Nc4ccc(Oc5ccccc5)cc4)c23)CC1.Cl. The van der Waals surface area contributed by atoms with Gasteiger partial charge in [-0.15, -0.1) is 12.4 Å². The van der Waals surface area contributed by atoms with E-state index in [0.717, 1.165) is 65.6 Å². The van der Waals surface area contributed by atoms with Gasteiger partial charge in [0.25, 0.3) is 0 Å². The lowest BCUT2D eigenvalue weighted by Gasteiger charge is -2.29. The molecular formula is C26H27ClN4O2. The molecule has 1 aliphatic heterocycles. The number of halogens is 1. The monoisotopic (exact) mass is 462 g/mol. The van der Waals surface area contributed by atoms with Crippen LogP contribution in [0.4, 0.5) is 11.5 Å². The fourth-order valence-corrected chi connectivity index (χ4v) is 3.92. The first kappa shape index (κ1) is 22.8. The average Bonchev–Trinajstić information content (AvgIpc) is 2.83. The highest BCUT2D eigenvalue weighted by Crippen LogP contribution is 2.33. The van der Waals surface area contributed by atoms with Crippen LogP contribution in [-0.4, -0.2) is 41.1 Å². The van der Waals surface area contributed by atoms with Gasteiger partial charge in [0.1, 0.15) is 35.5 Å². The van der Waals surface area contributed by atoms with Crippen molar-refractivity contribution in [1.82, 2.24) is 14.9 Å². The number of nitrogens with zero attached hydrogens (tertiary/aromatic N) is 3. The Morgan fingerprint density at radius 2 is 1.58 bits per heavy atom. The number of hydrogen-bond donors (Lipinski definition) is 1. The van der Waals surface area contributed by atoms with Gasteiger partial charge in [0.05, 0.1) is 10.9 Å². The zero-order valence-electron chi connectivity index (χ0n) is 18.5. The van der Waals surface area contributed by atoms with Crippen molar-refractivity contribution in [2.24, 2.45) is 0 Å². The zero-order valence-corrected chi connectivity index (χ0v) is 19.3. The van der Waals surface area contributed by atoms with Gasteiger partial charge in [-0.05, 0) is 68.4 Å². The predicted molar refractivity (Wildman–Crippen MR) is 134 cm³/mol. The van der Waals surface area contributed by atoms with E-state index in [2.05, 4.69) is 27.2 Å². The third-order valence-corrected chi connectivity index (χ3v) is 5.68. The van der Waals surface area contributed by atoms with E-state index in [9.17, 15) is 0 Å². The van der Waals surface area contributed by atoms with Crippen molar-refractivity contribution in [2.45, 2.75) is 18.9 Å². The molecule has 1 fully saturated rings. The molecule has 0 saturated carbocycles. The standard InChI is InChI=1S/C26H26N4O2.ClH/c1-30-16-14-22(15-17-30)32-24-9-5-8-23-25(24)26(28-18-27-23)29-19-10-12-21(13-11-19)31-20-6-3-2-4-7-20;/h2-13,18,22H,14-17H2,1H3,(H,27,28,29);1H. The van der Waals surface area contributed by atoms with Gasteiger partial charge in [-0.1, -0.05) is 24.3 Å². The number of hydrogen-bond acceptors (Lipinski definition) is 6. The maximum atomic E-state index is 6.41. The van der Waals surface area contributed by atoms with Crippen molar-refractivity contribution in [3.63, 3.8) is 0 Å². The van der Waals surface area contributed by atoms with Crippen LogP contribution in [0.5, 0.6) is 17.2 Å². The molecule has 1 saturated heterocycles. The molecule has 5 rings (SSSR count). The molecule has 0 bridgehead atoms. The minimum atomic E-state index is 0. The number of rotatable bonds is 6. The molecule has 0 aliphatic carbocycles. The van der Waals surface area contributed by atoms with E-state index >= 15 is 0 Å². The van der Waals surface area contributed by atoms with Gasteiger partial charge in [-0.3, -0.25) is 0 Å². The Kier molecular flexibility index (Phi) is 7.27. The molecule has 4 aromatic rings. The molecule has 0 radical (unpaired) electrons. The summed E-state index contributed by atoms with van der Waals surface area (Å²) in [5.74, 6) is 3.14. The Bertz CT molecular complexity index is 1170. The minimum absolute atomic E-state index is 0. The Balaban J connectivity index is 0.00000259. The number of benzene rings is 3. The second-order valence-electron chi connectivity index (χ2n) is 8.06. The number of likely N-dealkylation sites (tertiary alicyclic amines) is 1. The fourth-order valence-electron chi connectivity index (χ4n) is 3.92. The fraction of sp³-hybridized carbons (Fsp3) is 0.231. The first-order chi connectivity index (χ1) is 15.7. The molecular weight excluding hydrogens is 436 g/mol. The number of anilines is 2. The summed E-state index contributed by atoms with van der Waals surface area (Å²) in [6, 6.07) is 23.6. The van der Waals surface area contributed by atoms with E-state index in [0.29, 0.717) is 0 Å². The van der Waals surface area contributed by atoms with Gasteiger partial charge in [0.2, 0.25) is 0 Å². The highest BCUT2D eigenvalue weighted by atomic mass is 35.5. The van der Waals surface area contributed by atoms with Crippen LogP contribution in [-0.2, 0) is 0 Å². The van der Waals surface area contributed by atoms with E-state index in [-0.39, 0.29) is 18.5 Å². The van der Waals surface area contributed by atoms with Gasteiger partial charge < -0.3 is 19.7 Å².